The quantitative estimate of drug-likeness (QED) is 0.742. The van der Waals surface area contributed by atoms with Gasteiger partial charge in [0, 0.05) is 49.4 Å². The Hall–Kier alpha value is -2.12. The molecule has 2 atom stereocenters. The maximum Gasteiger partial charge on any atom is 0.257 e. The highest BCUT2D eigenvalue weighted by Gasteiger charge is 2.32. The zero-order valence-electron chi connectivity index (χ0n) is 15.2. The van der Waals surface area contributed by atoms with Crippen LogP contribution in [0, 0.1) is 12.7 Å². The van der Waals surface area contributed by atoms with E-state index < -0.39 is 0 Å². The van der Waals surface area contributed by atoms with Gasteiger partial charge in [-0.25, -0.2) is 14.4 Å². The Balaban J connectivity index is 1.44. The molecule has 0 spiro atoms. The number of fused-ring (bicyclic) bond motifs is 1. The van der Waals surface area contributed by atoms with Crippen LogP contribution in [0.25, 0.3) is 0 Å². The van der Waals surface area contributed by atoms with Crippen molar-refractivity contribution in [3.8, 4) is 17.4 Å². The van der Waals surface area contributed by atoms with Gasteiger partial charge in [-0.1, -0.05) is 11.6 Å². The summed E-state index contributed by atoms with van der Waals surface area (Å²) in [5.74, 6) is 1.05. The van der Waals surface area contributed by atoms with Gasteiger partial charge >= 0.3 is 0 Å². The van der Waals surface area contributed by atoms with Gasteiger partial charge in [0.15, 0.2) is 5.75 Å². The van der Waals surface area contributed by atoms with Crippen molar-refractivity contribution in [3.63, 3.8) is 0 Å². The fraction of sp³-hybridized carbons (Fsp3) is 0.474. The molecule has 4 rings (SSSR count). The number of hydrogen-bond acceptors (Lipinski definition) is 6. The van der Waals surface area contributed by atoms with Crippen LogP contribution in [-0.2, 0) is 6.54 Å². The van der Waals surface area contributed by atoms with E-state index in [0.29, 0.717) is 54.5 Å². The molecule has 2 aromatic rings. The van der Waals surface area contributed by atoms with Crippen LogP contribution in [0.1, 0.15) is 24.7 Å². The van der Waals surface area contributed by atoms with Gasteiger partial charge in [-0.15, -0.1) is 0 Å². The third-order valence-electron chi connectivity index (χ3n) is 4.78. The van der Waals surface area contributed by atoms with Crippen LogP contribution in [-0.4, -0.2) is 46.8 Å². The van der Waals surface area contributed by atoms with E-state index >= 15 is 0 Å². The van der Waals surface area contributed by atoms with Gasteiger partial charge in [-0.05, 0) is 13.8 Å². The first-order valence-corrected chi connectivity index (χ1v) is 9.35. The highest BCUT2D eigenvalue weighted by atomic mass is 35.5. The highest BCUT2D eigenvalue weighted by Crippen LogP contribution is 2.31. The summed E-state index contributed by atoms with van der Waals surface area (Å²) in [6.45, 7) is 5.88. The molecule has 4 heterocycles. The van der Waals surface area contributed by atoms with Gasteiger partial charge in [-0.3, -0.25) is 4.90 Å². The minimum Gasteiger partial charge on any atom is -0.489 e. The van der Waals surface area contributed by atoms with Crippen LogP contribution in [0.15, 0.2) is 18.2 Å². The van der Waals surface area contributed by atoms with Crippen molar-refractivity contribution in [2.45, 2.75) is 39.0 Å². The van der Waals surface area contributed by atoms with Gasteiger partial charge < -0.3 is 14.2 Å². The number of ether oxygens (including phenoxy) is 3. The lowest BCUT2D eigenvalue weighted by Crippen LogP contribution is -2.29. The topological polar surface area (TPSA) is 56.7 Å². The molecule has 144 valence electrons. The summed E-state index contributed by atoms with van der Waals surface area (Å²) < 4.78 is 31.3. The molecule has 0 aliphatic carbocycles. The maximum absolute atomic E-state index is 14.4. The minimum atomic E-state index is -0.382. The summed E-state index contributed by atoms with van der Waals surface area (Å²) in [6, 6.07) is 5.17. The van der Waals surface area contributed by atoms with Crippen molar-refractivity contribution in [1.29, 1.82) is 0 Å². The smallest absolute Gasteiger partial charge is 0.257 e. The van der Waals surface area contributed by atoms with Crippen molar-refractivity contribution in [2.24, 2.45) is 0 Å². The number of aryl methyl sites for hydroxylation is 1. The van der Waals surface area contributed by atoms with E-state index in [1.165, 1.54) is 6.07 Å². The van der Waals surface area contributed by atoms with E-state index in [-0.39, 0.29) is 18.0 Å². The first-order valence-electron chi connectivity index (χ1n) is 8.98. The lowest BCUT2D eigenvalue weighted by molar-refractivity contribution is 0.160. The number of halogens is 2. The van der Waals surface area contributed by atoms with E-state index in [1.807, 2.05) is 13.0 Å². The fourth-order valence-corrected chi connectivity index (χ4v) is 3.74. The summed E-state index contributed by atoms with van der Waals surface area (Å²) >= 11 is 6.00. The van der Waals surface area contributed by atoms with E-state index in [9.17, 15) is 4.39 Å². The monoisotopic (exact) mass is 393 g/mol. The van der Waals surface area contributed by atoms with Crippen LogP contribution in [0.5, 0.6) is 17.4 Å². The molecule has 27 heavy (non-hydrogen) atoms. The molecule has 0 aromatic carbocycles. The number of likely N-dealkylation sites (tertiary alicyclic amines) is 1. The molecule has 0 N–H and O–H groups in total. The standard InChI is InChI=1S/C19H21ClFN3O3/c1-11-5-13(7-18(20)22-11)27-14-6-12(2)24(9-14)10-16-15(21)8-17-19(23-16)26-4-3-25-17/h5,7-8,12,14H,3-4,6,9-10H2,1-2H3/t12-,14+/m0/s1. The summed E-state index contributed by atoms with van der Waals surface area (Å²) in [6.07, 6.45) is 0.837. The SMILES string of the molecule is Cc1cc(O[C@@H]2C[C@H](C)N(Cc3nc4c(cc3F)OCCO4)C2)cc(Cl)n1. The third-order valence-corrected chi connectivity index (χ3v) is 4.97. The number of rotatable bonds is 4. The summed E-state index contributed by atoms with van der Waals surface area (Å²) in [7, 11) is 0. The molecule has 0 saturated carbocycles. The van der Waals surface area contributed by atoms with E-state index in [0.717, 1.165) is 12.1 Å². The molecule has 0 unspecified atom stereocenters. The van der Waals surface area contributed by atoms with Gasteiger partial charge in [0.25, 0.3) is 5.88 Å². The van der Waals surface area contributed by atoms with Gasteiger partial charge in [0.05, 0.1) is 5.69 Å². The van der Waals surface area contributed by atoms with E-state index in [1.54, 1.807) is 6.07 Å². The molecular formula is C19H21ClFN3O3. The molecule has 0 bridgehead atoms. The predicted molar refractivity (Wildman–Crippen MR) is 98.1 cm³/mol. The summed E-state index contributed by atoms with van der Waals surface area (Å²) in [5.41, 5.74) is 1.16. The number of hydrogen-bond donors (Lipinski definition) is 0. The average Bonchev–Trinajstić information content (AvgIpc) is 2.93. The first-order chi connectivity index (χ1) is 13.0. The van der Waals surface area contributed by atoms with Crippen molar-refractivity contribution < 1.29 is 18.6 Å². The molecule has 8 heteroatoms. The molecule has 0 radical (unpaired) electrons. The van der Waals surface area contributed by atoms with Gasteiger partial charge in [-0.2, -0.15) is 0 Å². The third kappa shape index (κ3) is 4.09. The second kappa shape index (κ2) is 7.48. The van der Waals surface area contributed by atoms with Crippen LogP contribution in [0.4, 0.5) is 4.39 Å². The van der Waals surface area contributed by atoms with Crippen molar-refractivity contribution in [2.75, 3.05) is 19.8 Å². The Morgan fingerprint density at radius 2 is 2.07 bits per heavy atom. The van der Waals surface area contributed by atoms with E-state index in [4.69, 9.17) is 25.8 Å². The fourth-order valence-electron chi connectivity index (χ4n) is 3.50. The molecular weight excluding hydrogens is 373 g/mol. The molecule has 0 amide bonds. The molecule has 2 aromatic heterocycles. The molecule has 1 saturated heterocycles. The molecule has 6 nitrogen and oxygen atoms in total. The molecule has 2 aliphatic rings. The zero-order valence-corrected chi connectivity index (χ0v) is 16.0. The van der Waals surface area contributed by atoms with E-state index in [2.05, 4.69) is 21.8 Å². The zero-order chi connectivity index (χ0) is 19.0. The highest BCUT2D eigenvalue weighted by molar-refractivity contribution is 6.29. The number of aromatic nitrogens is 2. The van der Waals surface area contributed by atoms with Crippen LogP contribution >= 0.6 is 11.6 Å². The van der Waals surface area contributed by atoms with Crippen LogP contribution in [0.2, 0.25) is 5.15 Å². The van der Waals surface area contributed by atoms with Crippen molar-refractivity contribution in [1.82, 2.24) is 14.9 Å². The first kappa shape index (κ1) is 18.3. The lowest BCUT2D eigenvalue weighted by atomic mass is 10.2. The average molecular weight is 394 g/mol. The number of pyridine rings is 2. The second-order valence-electron chi connectivity index (χ2n) is 6.94. The Labute approximate surface area is 162 Å². The van der Waals surface area contributed by atoms with Crippen molar-refractivity contribution >= 4 is 11.6 Å². The Kier molecular flexibility index (Phi) is 5.06. The largest absolute Gasteiger partial charge is 0.489 e. The van der Waals surface area contributed by atoms with Gasteiger partial charge in [0.1, 0.15) is 36.0 Å². The normalized spacial score (nSPS) is 22.1. The molecule has 2 aliphatic heterocycles. The Bertz CT molecular complexity index is 831. The van der Waals surface area contributed by atoms with Gasteiger partial charge in [0.2, 0.25) is 0 Å². The molecule has 1 fully saturated rings. The summed E-state index contributed by atoms with van der Waals surface area (Å²) in [5, 5.41) is 0.412. The summed E-state index contributed by atoms with van der Waals surface area (Å²) in [4.78, 5) is 10.6. The van der Waals surface area contributed by atoms with Crippen molar-refractivity contribution in [3.05, 3.63) is 40.6 Å². The Morgan fingerprint density at radius 1 is 1.26 bits per heavy atom. The second-order valence-corrected chi connectivity index (χ2v) is 7.33. The van der Waals surface area contributed by atoms with Crippen LogP contribution in [0.3, 0.4) is 0 Å². The lowest BCUT2D eigenvalue weighted by Gasteiger charge is -2.22. The maximum atomic E-state index is 14.4. The predicted octanol–water partition coefficient (Wildman–Crippen LogP) is 3.39. The Morgan fingerprint density at radius 3 is 2.89 bits per heavy atom. The number of nitrogens with zero attached hydrogens (tertiary/aromatic N) is 3. The van der Waals surface area contributed by atoms with Crippen LogP contribution < -0.4 is 14.2 Å². The minimum absolute atomic E-state index is 0.00172.